The molecule has 1 N–H and O–H groups in total. The monoisotopic (exact) mass is 522 g/mol. The number of phenols is 1. The van der Waals surface area contributed by atoms with Gasteiger partial charge in [-0.25, -0.2) is 0 Å². The molecule has 5 aromatic rings. The Balaban J connectivity index is 1.39. The number of carbonyl (C=O) groups is 1. The second-order valence-corrected chi connectivity index (χ2v) is 11.6. The summed E-state index contributed by atoms with van der Waals surface area (Å²) in [5.74, 6) is 0.290. The van der Waals surface area contributed by atoms with E-state index in [1.54, 1.807) is 0 Å². The number of fused-ring (bicyclic) bond motifs is 3. The molecule has 0 saturated carbocycles. The summed E-state index contributed by atoms with van der Waals surface area (Å²) in [5.41, 5.74) is 6.84. The van der Waals surface area contributed by atoms with Crippen LogP contribution in [-0.2, 0) is 23.1 Å². The fraction of sp³-hybridized carbons (Fsp3) is 0.216. The Morgan fingerprint density at radius 2 is 1.35 bits per heavy atom. The molecule has 196 valence electrons. The Morgan fingerprint density at radius 1 is 0.725 bits per heavy atom. The molecule has 3 heteroatoms. The van der Waals surface area contributed by atoms with Gasteiger partial charge < -0.3 is 9.84 Å². The highest BCUT2D eigenvalue weighted by atomic mass is 16.5. The standard InChI is InChI=1S/C37H30O3/c38-33-21-25-12-2-1-11-24(25)20-32(33)37(36(39)40-34-19-9-13-23-10-3-4-14-26(23)34)22-31-27-15-5-7-17-29(27)35(37)30-18-8-6-16-28(30)31/h1-2,5-9,11-13,15-21,31,35,38H,3-4,10,14,22H2. The molecule has 9 rings (SSSR count). The van der Waals surface area contributed by atoms with Crippen molar-refractivity contribution < 1.29 is 14.6 Å². The van der Waals surface area contributed by atoms with E-state index in [4.69, 9.17) is 4.74 Å². The van der Waals surface area contributed by atoms with Crippen molar-refractivity contribution in [1.29, 1.82) is 0 Å². The first kappa shape index (κ1) is 23.5. The van der Waals surface area contributed by atoms with Crippen LogP contribution in [0.3, 0.4) is 0 Å². The lowest BCUT2D eigenvalue weighted by Gasteiger charge is -2.52. The highest BCUT2D eigenvalue weighted by Crippen LogP contribution is 2.63. The number of esters is 1. The van der Waals surface area contributed by atoms with Crippen molar-refractivity contribution in [2.24, 2.45) is 0 Å². The minimum atomic E-state index is -1.08. The minimum absolute atomic E-state index is 0.0282. The normalized spacial score (nSPS) is 22.3. The topological polar surface area (TPSA) is 46.5 Å². The van der Waals surface area contributed by atoms with Crippen LogP contribution in [-0.4, -0.2) is 11.1 Å². The molecule has 4 aliphatic rings. The van der Waals surface area contributed by atoms with Crippen LogP contribution in [0.2, 0.25) is 0 Å². The zero-order valence-corrected chi connectivity index (χ0v) is 22.3. The Morgan fingerprint density at radius 3 is 2.08 bits per heavy atom. The Bertz CT molecular complexity index is 1770. The molecule has 1 atom stereocenters. The van der Waals surface area contributed by atoms with Crippen molar-refractivity contribution in [1.82, 2.24) is 0 Å². The highest BCUT2D eigenvalue weighted by Gasteiger charge is 2.59. The number of rotatable bonds is 3. The number of phenolic OH excluding ortho intramolecular Hbond substituents is 1. The maximum atomic E-state index is 14.9. The van der Waals surface area contributed by atoms with Gasteiger partial charge in [0.1, 0.15) is 16.9 Å². The third kappa shape index (κ3) is 3.27. The molecule has 0 fully saturated rings. The minimum Gasteiger partial charge on any atom is -0.508 e. The summed E-state index contributed by atoms with van der Waals surface area (Å²) in [4.78, 5) is 14.9. The summed E-state index contributed by atoms with van der Waals surface area (Å²) in [5, 5.41) is 13.6. The van der Waals surface area contributed by atoms with Crippen LogP contribution in [0.1, 0.15) is 70.0 Å². The molecule has 2 bridgehead atoms. The number of ether oxygens (including phenoxy) is 1. The van der Waals surface area contributed by atoms with E-state index in [0.717, 1.165) is 53.1 Å². The van der Waals surface area contributed by atoms with Crippen molar-refractivity contribution in [3.63, 3.8) is 0 Å². The quantitative estimate of drug-likeness (QED) is 0.193. The summed E-state index contributed by atoms with van der Waals surface area (Å²) in [6.07, 6.45) is 4.75. The number of benzene rings is 5. The predicted octanol–water partition coefficient (Wildman–Crippen LogP) is 7.95. The first-order valence-corrected chi connectivity index (χ1v) is 14.4. The Kier molecular flexibility index (Phi) is 5.19. The highest BCUT2D eigenvalue weighted by molar-refractivity contribution is 5.94. The number of aryl methyl sites for hydroxylation is 1. The molecule has 0 saturated heterocycles. The molecule has 0 radical (unpaired) electrons. The molecule has 5 aromatic carbocycles. The van der Waals surface area contributed by atoms with Gasteiger partial charge in [-0.15, -0.1) is 0 Å². The average Bonchev–Trinajstić information content (AvgIpc) is 3.01. The molecule has 0 heterocycles. The molecule has 0 aliphatic heterocycles. The number of aromatic hydroxyl groups is 1. The van der Waals surface area contributed by atoms with E-state index < -0.39 is 5.41 Å². The molecule has 40 heavy (non-hydrogen) atoms. The van der Waals surface area contributed by atoms with Crippen LogP contribution in [0.25, 0.3) is 10.8 Å². The summed E-state index contributed by atoms with van der Waals surface area (Å²) in [6, 6.07) is 35.0. The van der Waals surface area contributed by atoms with Crippen molar-refractivity contribution in [2.75, 3.05) is 0 Å². The zero-order valence-electron chi connectivity index (χ0n) is 22.3. The van der Waals surface area contributed by atoms with E-state index in [0.29, 0.717) is 17.7 Å². The Labute approximate surface area is 234 Å². The maximum absolute atomic E-state index is 14.9. The van der Waals surface area contributed by atoms with Gasteiger partial charge in [0, 0.05) is 17.4 Å². The fourth-order valence-corrected chi connectivity index (χ4v) is 7.90. The molecule has 3 nitrogen and oxygen atoms in total. The van der Waals surface area contributed by atoms with E-state index in [-0.39, 0.29) is 23.6 Å². The summed E-state index contributed by atoms with van der Waals surface area (Å²) in [6.45, 7) is 0. The number of hydrogen-bond donors (Lipinski definition) is 1. The van der Waals surface area contributed by atoms with E-state index >= 15 is 0 Å². The lowest BCUT2D eigenvalue weighted by molar-refractivity contribution is -0.143. The van der Waals surface area contributed by atoms with E-state index in [9.17, 15) is 9.90 Å². The number of carbonyl (C=O) groups excluding carboxylic acids is 1. The van der Waals surface area contributed by atoms with E-state index in [1.807, 2.05) is 48.5 Å². The van der Waals surface area contributed by atoms with Gasteiger partial charge in [0.15, 0.2) is 0 Å². The second-order valence-electron chi connectivity index (χ2n) is 11.6. The SMILES string of the molecule is O=C(Oc1cccc2c1CCCC2)C1(c2cc3ccccc3cc2O)CC2c3ccccc3C1c1ccccc12. The van der Waals surface area contributed by atoms with Crippen molar-refractivity contribution >= 4 is 16.7 Å². The van der Waals surface area contributed by atoms with Crippen LogP contribution in [0, 0.1) is 0 Å². The molecule has 0 amide bonds. The van der Waals surface area contributed by atoms with Gasteiger partial charge in [0.25, 0.3) is 0 Å². The lowest BCUT2D eigenvalue weighted by atomic mass is 9.50. The van der Waals surface area contributed by atoms with Crippen molar-refractivity contribution in [3.8, 4) is 11.5 Å². The molecule has 0 spiro atoms. The van der Waals surface area contributed by atoms with Crippen LogP contribution < -0.4 is 4.74 Å². The summed E-state index contributed by atoms with van der Waals surface area (Å²) in [7, 11) is 0. The van der Waals surface area contributed by atoms with Crippen LogP contribution in [0.4, 0.5) is 0 Å². The fourth-order valence-electron chi connectivity index (χ4n) is 7.90. The Hall–Kier alpha value is -4.37. The van der Waals surface area contributed by atoms with Gasteiger partial charge in [0.05, 0.1) is 0 Å². The lowest BCUT2D eigenvalue weighted by Crippen LogP contribution is -2.51. The predicted molar refractivity (Wildman–Crippen MR) is 157 cm³/mol. The van der Waals surface area contributed by atoms with Gasteiger partial charge in [-0.2, -0.15) is 0 Å². The van der Waals surface area contributed by atoms with Gasteiger partial charge in [0.2, 0.25) is 0 Å². The first-order valence-electron chi connectivity index (χ1n) is 14.4. The molecule has 4 aliphatic carbocycles. The largest absolute Gasteiger partial charge is 0.508 e. The van der Waals surface area contributed by atoms with Gasteiger partial charge >= 0.3 is 5.97 Å². The second kappa shape index (κ2) is 8.82. The van der Waals surface area contributed by atoms with Crippen LogP contribution in [0.5, 0.6) is 11.5 Å². The van der Waals surface area contributed by atoms with Crippen LogP contribution in [0.15, 0.2) is 103 Å². The third-order valence-electron chi connectivity index (χ3n) is 9.65. The van der Waals surface area contributed by atoms with Crippen molar-refractivity contribution in [3.05, 3.63) is 142 Å². The van der Waals surface area contributed by atoms with Crippen molar-refractivity contribution in [2.45, 2.75) is 49.4 Å². The van der Waals surface area contributed by atoms with Gasteiger partial charge in [-0.05, 0) is 94.5 Å². The molecular weight excluding hydrogens is 492 g/mol. The van der Waals surface area contributed by atoms with Gasteiger partial charge in [-0.3, -0.25) is 4.79 Å². The average molecular weight is 523 g/mol. The van der Waals surface area contributed by atoms with E-state index in [2.05, 4.69) is 54.6 Å². The third-order valence-corrected chi connectivity index (χ3v) is 9.65. The summed E-state index contributed by atoms with van der Waals surface area (Å²) >= 11 is 0. The summed E-state index contributed by atoms with van der Waals surface area (Å²) < 4.78 is 6.51. The first-order chi connectivity index (χ1) is 19.6. The van der Waals surface area contributed by atoms with Gasteiger partial charge in [-0.1, -0.05) is 84.9 Å². The zero-order chi connectivity index (χ0) is 26.8. The maximum Gasteiger partial charge on any atom is 0.323 e. The molecule has 0 aromatic heterocycles. The molecular formula is C37H30O3. The smallest absolute Gasteiger partial charge is 0.323 e. The van der Waals surface area contributed by atoms with E-state index in [1.165, 1.54) is 16.7 Å². The number of hydrogen-bond acceptors (Lipinski definition) is 3. The van der Waals surface area contributed by atoms with Crippen LogP contribution >= 0.6 is 0 Å². The molecule has 1 unspecified atom stereocenters.